The van der Waals surface area contributed by atoms with Crippen LogP contribution in [0.2, 0.25) is 0 Å². The molecule has 0 radical (unpaired) electrons. The summed E-state index contributed by atoms with van der Waals surface area (Å²) in [5.74, 6) is 0.165. The average Bonchev–Trinajstić information content (AvgIpc) is 2.81. The normalized spacial score (nSPS) is 13.5. The lowest BCUT2D eigenvalue weighted by Gasteiger charge is -2.36. The molecule has 0 unspecified atom stereocenters. The van der Waals surface area contributed by atoms with Gasteiger partial charge >= 0.3 is 5.97 Å². The third-order valence-corrected chi connectivity index (χ3v) is 4.81. The van der Waals surface area contributed by atoms with Crippen LogP contribution in [0.25, 0.3) is 0 Å². The van der Waals surface area contributed by atoms with Crippen molar-refractivity contribution in [2.45, 2.75) is 0 Å². The van der Waals surface area contributed by atoms with E-state index in [0.29, 0.717) is 43.8 Å². The second-order valence-electron chi connectivity index (χ2n) is 6.64. The van der Waals surface area contributed by atoms with E-state index in [1.807, 2.05) is 24.3 Å². The summed E-state index contributed by atoms with van der Waals surface area (Å²) in [7, 11) is 1.63. The molecule has 0 saturated carbocycles. The van der Waals surface area contributed by atoms with E-state index in [-0.39, 0.29) is 19.1 Å². The van der Waals surface area contributed by atoms with Gasteiger partial charge in [0.1, 0.15) is 11.5 Å². The van der Waals surface area contributed by atoms with Crippen LogP contribution in [-0.2, 0) is 14.3 Å². The number of methoxy groups -OCH3 is 1. The standard InChI is InChI=1S/C22H24N2O6/c1-28-20-9-5-3-7-18(20)23-10-12-24(13-11-23)21(26)15-30-22(27)16-29-19-8-4-2-6-17(19)14-25/h2-9,14H,10-13,15-16H2,1H3. The van der Waals surface area contributed by atoms with Crippen LogP contribution in [0.1, 0.15) is 10.4 Å². The second-order valence-corrected chi connectivity index (χ2v) is 6.64. The topological polar surface area (TPSA) is 85.4 Å². The van der Waals surface area contributed by atoms with Crippen molar-refractivity contribution < 1.29 is 28.6 Å². The number of nitrogens with zero attached hydrogens (tertiary/aromatic N) is 2. The number of carbonyl (C=O) groups is 3. The van der Waals surface area contributed by atoms with Crippen LogP contribution >= 0.6 is 0 Å². The predicted octanol–water partition coefficient (Wildman–Crippen LogP) is 1.78. The molecule has 1 amide bonds. The van der Waals surface area contributed by atoms with Crippen LogP contribution in [0.4, 0.5) is 5.69 Å². The Labute approximate surface area is 174 Å². The first-order chi connectivity index (χ1) is 14.6. The molecule has 1 heterocycles. The number of hydrogen-bond donors (Lipinski definition) is 0. The Hall–Kier alpha value is -3.55. The van der Waals surface area contributed by atoms with Gasteiger partial charge in [0.15, 0.2) is 19.5 Å². The molecule has 0 atom stereocenters. The van der Waals surface area contributed by atoms with Gasteiger partial charge in [-0.2, -0.15) is 0 Å². The Kier molecular flexibility index (Phi) is 7.26. The molecule has 0 aromatic heterocycles. The van der Waals surface area contributed by atoms with Crippen molar-refractivity contribution in [2.24, 2.45) is 0 Å². The van der Waals surface area contributed by atoms with Crippen LogP contribution < -0.4 is 14.4 Å². The highest BCUT2D eigenvalue weighted by Crippen LogP contribution is 2.28. The van der Waals surface area contributed by atoms with E-state index in [9.17, 15) is 14.4 Å². The van der Waals surface area contributed by atoms with Crippen molar-refractivity contribution in [3.05, 3.63) is 54.1 Å². The summed E-state index contributed by atoms with van der Waals surface area (Å²) in [5.41, 5.74) is 1.33. The molecule has 158 valence electrons. The smallest absolute Gasteiger partial charge is 0.344 e. The molecule has 0 spiro atoms. The molecule has 30 heavy (non-hydrogen) atoms. The molecule has 1 fully saturated rings. The van der Waals surface area contributed by atoms with E-state index < -0.39 is 5.97 Å². The van der Waals surface area contributed by atoms with Crippen LogP contribution in [0, 0.1) is 0 Å². The Morgan fingerprint density at radius 1 is 0.933 bits per heavy atom. The van der Waals surface area contributed by atoms with Gasteiger partial charge in [0.25, 0.3) is 5.91 Å². The predicted molar refractivity (Wildman–Crippen MR) is 110 cm³/mol. The molecule has 2 aromatic carbocycles. The molecule has 0 bridgehead atoms. The van der Waals surface area contributed by atoms with E-state index in [1.165, 1.54) is 0 Å². The van der Waals surface area contributed by atoms with Crippen molar-refractivity contribution in [3.8, 4) is 11.5 Å². The number of esters is 1. The second kappa shape index (κ2) is 10.3. The zero-order valence-electron chi connectivity index (χ0n) is 16.8. The quantitative estimate of drug-likeness (QED) is 0.483. The number of rotatable bonds is 8. The number of amides is 1. The highest BCUT2D eigenvalue weighted by Gasteiger charge is 2.23. The monoisotopic (exact) mass is 412 g/mol. The maximum absolute atomic E-state index is 12.4. The van der Waals surface area contributed by atoms with Gasteiger partial charge in [-0.05, 0) is 24.3 Å². The number of ether oxygens (including phenoxy) is 3. The number of hydrogen-bond acceptors (Lipinski definition) is 7. The van der Waals surface area contributed by atoms with E-state index in [1.54, 1.807) is 36.3 Å². The van der Waals surface area contributed by atoms with Crippen LogP contribution in [-0.4, -0.2) is 69.6 Å². The third-order valence-electron chi connectivity index (χ3n) is 4.81. The molecule has 1 aliphatic heterocycles. The summed E-state index contributed by atoms with van der Waals surface area (Å²) in [6.45, 7) is 1.65. The lowest BCUT2D eigenvalue weighted by atomic mass is 10.2. The fraction of sp³-hybridized carbons (Fsp3) is 0.318. The number of carbonyl (C=O) groups excluding carboxylic acids is 3. The van der Waals surface area contributed by atoms with Crippen LogP contribution in [0.5, 0.6) is 11.5 Å². The molecule has 8 heteroatoms. The molecular weight excluding hydrogens is 388 g/mol. The number of benzene rings is 2. The number of para-hydroxylation sites is 3. The number of aldehydes is 1. The summed E-state index contributed by atoms with van der Waals surface area (Å²) in [6.07, 6.45) is 0.648. The van der Waals surface area contributed by atoms with Crippen molar-refractivity contribution in [1.82, 2.24) is 4.90 Å². The lowest BCUT2D eigenvalue weighted by molar-refractivity contribution is -0.153. The first-order valence-electron chi connectivity index (χ1n) is 9.60. The SMILES string of the molecule is COc1ccccc1N1CCN(C(=O)COC(=O)COc2ccccc2C=O)CC1. The van der Waals surface area contributed by atoms with Gasteiger partial charge in [-0.25, -0.2) is 4.79 Å². The highest BCUT2D eigenvalue weighted by molar-refractivity contribution is 5.82. The summed E-state index contributed by atoms with van der Waals surface area (Å²) < 4.78 is 15.7. The molecule has 0 N–H and O–H groups in total. The van der Waals surface area contributed by atoms with Gasteiger partial charge in [-0.3, -0.25) is 9.59 Å². The van der Waals surface area contributed by atoms with Gasteiger partial charge in [0.05, 0.1) is 18.4 Å². The molecule has 8 nitrogen and oxygen atoms in total. The largest absolute Gasteiger partial charge is 0.495 e. The van der Waals surface area contributed by atoms with Gasteiger partial charge in [-0.15, -0.1) is 0 Å². The van der Waals surface area contributed by atoms with E-state index in [2.05, 4.69) is 4.90 Å². The fourth-order valence-electron chi connectivity index (χ4n) is 3.21. The minimum atomic E-state index is -0.670. The Morgan fingerprint density at radius 2 is 1.60 bits per heavy atom. The van der Waals surface area contributed by atoms with Crippen molar-refractivity contribution in [2.75, 3.05) is 51.4 Å². The number of anilines is 1. The molecule has 3 rings (SSSR count). The van der Waals surface area contributed by atoms with Crippen LogP contribution in [0.15, 0.2) is 48.5 Å². The van der Waals surface area contributed by atoms with E-state index in [4.69, 9.17) is 14.2 Å². The average molecular weight is 412 g/mol. The number of piperazine rings is 1. The molecule has 1 saturated heterocycles. The maximum Gasteiger partial charge on any atom is 0.344 e. The van der Waals surface area contributed by atoms with Crippen molar-refractivity contribution in [1.29, 1.82) is 0 Å². The molecule has 1 aliphatic rings. The zero-order valence-corrected chi connectivity index (χ0v) is 16.8. The zero-order chi connectivity index (χ0) is 21.3. The van der Waals surface area contributed by atoms with Gasteiger partial charge in [0, 0.05) is 26.2 Å². The Morgan fingerprint density at radius 3 is 2.30 bits per heavy atom. The third kappa shape index (κ3) is 5.28. The first-order valence-corrected chi connectivity index (χ1v) is 9.60. The molecular formula is C22H24N2O6. The Balaban J connectivity index is 1.42. The van der Waals surface area contributed by atoms with Crippen molar-refractivity contribution in [3.63, 3.8) is 0 Å². The van der Waals surface area contributed by atoms with E-state index >= 15 is 0 Å². The maximum atomic E-state index is 12.4. The minimum absolute atomic E-state index is 0.253. The molecule has 2 aromatic rings. The highest BCUT2D eigenvalue weighted by atomic mass is 16.6. The first kappa shape index (κ1) is 21.2. The summed E-state index contributed by atoms with van der Waals surface area (Å²) >= 11 is 0. The van der Waals surface area contributed by atoms with E-state index in [0.717, 1.165) is 11.4 Å². The lowest BCUT2D eigenvalue weighted by Crippen LogP contribution is -2.50. The fourth-order valence-corrected chi connectivity index (χ4v) is 3.21. The minimum Gasteiger partial charge on any atom is -0.495 e. The van der Waals surface area contributed by atoms with Crippen molar-refractivity contribution >= 4 is 23.9 Å². The van der Waals surface area contributed by atoms with Gasteiger partial charge < -0.3 is 24.0 Å². The summed E-state index contributed by atoms with van der Waals surface area (Å²) in [4.78, 5) is 39.0. The van der Waals surface area contributed by atoms with Crippen LogP contribution in [0.3, 0.4) is 0 Å². The van der Waals surface area contributed by atoms with Gasteiger partial charge in [0.2, 0.25) is 0 Å². The summed E-state index contributed by atoms with van der Waals surface area (Å²) in [5, 5.41) is 0. The summed E-state index contributed by atoms with van der Waals surface area (Å²) in [6, 6.07) is 14.3. The Bertz CT molecular complexity index is 893. The molecule has 0 aliphatic carbocycles. The van der Waals surface area contributed by atoms with Gasteiger partial charge in [-0.1, -0.05) is 24.3 Å².